The zero-order chi connectivity index (χ0) is 28.4. The van der Waals surface area contributed by atoms with Crippen LogP contribution in [0.3, 0.4) is 0 Å². The van der Waals surface area contributed by atoms with Crippen molar-refractivity contribution in [3.8, 4) is 0 Å². The Morgan fingerprint density at radius 3 is 2.24 bits per heavy atom. The molecule has 38 heavy (non-hydrogen) atoms. The summed E-state index contributed by atoms with van der Waals surface area (Å²) in [5.74, 6) is -1.09. The largest absolute Gasteiger partial charge is 0.478 e. The fourth-order valence-corrected chi connectivity index (χ4v) is 9.86. The van der Waals surface area contributed by atoms with Gasteiger partial charge < -0.3 is 20.1 Å². The summed E-state index contributed by atoms with van der Waals surface area (Å²) in [6, 6.07) is 0. The molecule has 0 aromatic heterocycles. The zero-order valence-electron chi connectivity index (χ0n) is 24.1. The van der Waals surface area contributed by atoms with E-state index in [1.165, 1.54) is 6.92 Å². The molecule has 0 amide bonds. The fraction of sp³-hybridized carbons (Fsp3) is 0.806. The molecule has 4 saturated carbocycles. The van der Waals surface area contributed by atoms with E-state index in [1.54, 1.807) is 0 Å². The molecule has 4 aliphatic carbocycles. The third kappa shape index (κ3) is 4.47. The monoisotopic (exact) mass is 550 g/mol. The van der Waals surface area contributed by atoms with Crippen molar-refractivity contribution in [2.24, 2.45) is 39.9 Å². The van der Waals surface area contributed by atoms with Crippen molar-refractivity contribution in [1.82, 2.24) is 0 Å². The van der Waals surface area contributed by atoms with Gasteiger partial charge in [-0.25, -0.2) is 4.79 Å². The van der Waals surface area contributed by atoms with Gasteiger partial charge in [-0.3, -0.25) is 4.79 Å². The Bertz CT molecular complexity index is 1040. The van der Waals surface area contributed by atoms with Crippen LogP contribution in [0, 0.1) is 39.9 Å². The van der Waals surface area contributed by atoms with Gasteiger partial charge in [0.25, 0.3) is 0 Å². The van der Waals surface area contributed by atoms with Crippen molar-refractivity contribution < 1.29 is 29.6 Å². The van der Waals surface area contributed by atoms with E-state index in [0.717, 1.165) is 31.3 Å². The van der Waals surface area contributed by atoms with Crippen LogP contribution in [-0.2, 0) is 14.3 Å². The van der Waals surface area contributed by atoms with Crippen molar-refractivity contribution in [1.29, 1.82) is 0 Å². The Labute approximate surface area is 232 Å². The van der Waals surface area contributed by atoms with E-state index >= 15 is 0 Å². The van der Waals surface area contributed by atoms with Gasteiger partial charge >= 0.3 is 11.9 Å². The first kappa shape index (κ1) is 29.6. The summed E-state index contributed by atoms with van der Waals surface area (Å²) in [7, 11) is 0. The number of hydrogen-bond donors (Lipinski definition) is 3. The van der Waals surface area contributed by atoms with Gasteiger partial charge in [-0.2, -0.15) is 0 Å². The smallest absolute Gasteiger partial charge is 0.331 e. The topological polar surface area (TPSA) is 104 Å². The van der Waals surface area contributed by atoms with Crippen LogP contribution < -0.4 is 0 Å². The highest BCUT2D eigenvalue weighted by Crippen LogP contribution is 2.74. The van der Waals surface area contributed by atoms with Gasteiger partial charge in [0.05, 0.1) is 12.2 Å². The number of carbonyl (C=O) groups is 2. The highest BCUT2D eigenvalue weighted by Gasteiger charge is 2.70. The van der Waals surface area contributed by atoms with Crippen LogP contribution in [0.15, 0.2) is 21.8 Å². The summed E-state index contributed by atoms with van der Waals surface area (Å²) in [6.07, 6.45) is 3.62. The van der Waals surface area contributed by atoms with E-state index < -0.39 is 24.1 Å². The molecule has 0 saturated heterocycles. The molecule has 2 unspecified atom stereocenters. The Morgan fingerprint density at radius 2 is 1.66 bits per heavy atom. The maximum atomic E-state index is 12.7. The minimum atomic E-state index is -1.01. The van der Waals surface area contributed by atoms with Gasteiger partial charge in [-0.1, -0.05) is 44.9 Å². The quantitative estimate of drug-likeness (QED) is 0.277. The molecule has 0 bridgehead atoms. The molecule has 6 nitrogen and oxygen atoms in total. The van der Waals surface area contributed by atoms with Gasteiger partial charge in [0, 0.05) is 17.5 Å². The van der Waals surface area contributed by atoms with E-state index in [2.05, 4.69) is 27.7 Å². The SMILES string of the molecule is CC(=O)O[C@H]1C[C@@]2(C)[C@@H](CC(O)C3[C@]2(C)CC[C@H]2[C@H](C)[C@H](O)CC[C@]32C)/C1=C(\CCC(Cl)=C(C)C)C(=O)O. The normalized spacial score (nSPS) is 45.4. The first-order valence-electron chi connectivity index (χ1n) is 14.4. The zero-order valence-corrected chi connectivity index (χ0v) is 24.9. The lowest BCUT2D eigenvalue weighted by Gasteiger charge is -2.69. The second-order valence-corrected chi connectivity index (χ2v) is 14.2. The average molecular weight is 551 g/mol. The van der Waals surface area contributed by atoms with Crippen LogP contribution in [0.2, 0.25) is 0 Å². The van der Waals surface area contributed by atoms with E-state index in [-0.39, 0.29) is 52.1 Å². The Kier molecular flexibility index (Phi) is 7.97. The molecule has 214 valence electrons. The minimum Gasteiger partial charge on any atom is -0.478 e. The number of esters is 1. The first-order valence-corrected chi connectivity index (χ1v) is 14.8. The first-order chi connectivity index (χ1) is 17.6. The highest BCUT2D eigenvalue weighted by molar-refractivity contribution is 6.29. The van der Waals surface area contributed by atoms with Crippen LogP contribution in [0.4, 0.5) is 0 Å². The van der Waals surface area contributed by atoms with E-state index in [1.807, 2.05) is 13.8 Å². The Morgan fingerprint density at radius 1 is 1.00 bits per heavy atom. The second-order valence-electron chi connectivity index (χ2n) is 13.7. The summed E-state index contributed by atoms with van der Waals surface area (Å²) in [5.41, 5.74) is 1.16. The van der Waals surface area contributed by atoms with Crippen LogP contribution in [0.5, 0.6) is 0 Å². The molecule has 0 aromatic rings. The van der Waals surface area contributed by atoms with Crippen molar-refractivity contribution in [3.63, 3.8) is 0 Å². The predicted octanol–water partition coefficient (Wildman–Crippen LogP) is 6.23. The molecular formula is C31H47ClO6. The fourth-order valence-electron chi connectivity index (χ4n) is 9.77. The lowest BCUT2D eigenvalue weighted by molar-refractivity contribution is -0.234. The number of halogens is 1. The van der Waals surface area contributed by atoms with Crippen LogP contribution in [0.25, 0.3) is 0 Å². The molecule has 4 aliphatic rings. The number of carboxylic acid groups (broad SMARTS) is 1. The van der Waals surface area contributed by atoms with Crippen molar-refractivity contribution in [3.05, 3.63) is 21.8 Å². The van der Waals surface area contributed by atoms with Crippen molar-refractivity contribution in [2.45, 2.75) is 118 Å². The van der Waals surface area contributed by atoms with Crippen LogP contribution >= 0.6 is 11.6 Å². The molecule has 0 spiro atoms. The summed E-state index contributed by atoms with van der Waals surface area (Å²) in [5, 5.41) is 33.6. The summed E-state index contributed by atoms with van der Waals surface area (Å²) in [6.45, 7) is 14.2. The number of aliphatic hydroxyl groups excluding tert-OH is 2. The van der Waals surface area contributed by atoms with Crippen LogP contribution in [-0.4, -0.2) is 45.6 Å². The molecule has 4 rings (SSSR count). The standard InChI is InChI=1S/C31H47ClO6/c1-16(2)22(32)9-8-19(28(36)37)26-21-14-24(35)27-29(5)12-11-23(34)17(3)20(29)10-13-30(27,6)31(21,7)15-25(26)38-18(4)33/h17,20-21,23-25,27,34-35H,8-15H2,1-7H3,(H,36,37)/b26-19-/t17-,20-,21-,23+,24?,25-,27?,29-,30-,31-/m0/s1. The number of rotatable bonds is 5. The molecule has 0 aliphatic heterocycles. The molecule has 10 atom stereocenters. The summed E-state index contributed by atoms with van der Waals surface area (Å²) >= 11 is 6.42. The number of aliphatic hydroxyl groups is 2. The molecule has 0 heterocycles. The average Bonchev–Trinajstić information content (AvgIpc) is 3.08. The predicted molar refractivity (Wildman–Crippen MR) is 147 cm³/mol. The number of aliphatic carboxylic acids is 1. The maximum absolute atomic E-state index is 12.7. The summed E-state index contributed by atoms with van der Waals surface area (Å²) in [4.78, 5) is 24.9. The van der Waals surface area contributed by atoms with E-state index in [0.29, 0.717) is 35.8 Å². The number of allylic oxidation sites excluding steroid dienone is 2. The van der Waals surface area contributed by atoms with Crippen molar-refractivity contribution in [2.75, 3.05) is 0 Å². The van der Waals surface area contributed by atoms with Gasteiger partial charge in [0.2, 0.25) is 0 Å². The highest BCUT2D eigenvalue weighted by atomic mass is 35.5. The second kappa shape index (κ2) is 10.2. The van der Waals surface area contributed by atoms with Gasteiger partial charge in [-0.05, 0) is 111 Å². The lowest BCUT2D eigenvalue weighted by Crippen LogP contribution is -2.65. The number of ether oxygens (including phenoxy) is 1. The molecule has 0 radical (unpaired) electrons. The summed E-state index contributed by atoms with van der Waals surface area (Å²) < 4.78 is 5.87. The van der Waals surface area contributed by atoms with E-state index in [4.69, 9.17) is 16.3 Å². The number of hydrogen-bond acceptors (Lipinski definition) is 5. The van der Waals surface area contributed by atoms with Gasteiger partial charge in [0.15, 0.2) is 0 Å². The van der Waals surface area contributed by atoms with Gasteiger partial charge in [-0.15, -0.1) is 0 Å². The van der Waals surface area contributed by atoms with E-state index in [9.17, 15) is 24.9 Å². The molecular weight excluding hydrogens is 504 g/mol. The third-order valence-corrected chi connectivity index (χ3v) is 12.3. The Balaban J connectivity index is 1.83. The molecule has 4 fully saturated rings. The Hall–Kier alpha value is -1.37. The number of carboxylic acids is 1. The molecule has 7 heteroatoms. The minimum absolute atomic E-state index is 0.0238. The number of fused-ring (bicyclic) bond motifs is 5. The number of carbonyl (C=O) groups excluding carboxylic acids is 1. The third-order valence-electron chi connectivity index (χ3n) is 11.8. The van der Waals surface area contributed by atoms with Crippen LogP contribution in [0.1, 0.15) is 99.8 Å². The molecule has 3 N–H and O–H groups in total. The van der Waals surface area contributed by atoms with Crippen molar-refractivity contribution >= 4 is 23.5 Å². The maximum Gasteiger partial charge on any atom is 0.331 e. The molecule has 0 aromatic carbocycles. The lowest BCUT2D eigenvalue weighted by atomic mass is 9.36. The van der Waals surface area contributed by atoms with Gasteiger partial charge in [0.1, 0.15) is 6.10 Å².